The molecule has 0 aliphatic carbocycles. The van der Waals surface area contributed by atoms with Gasteiger partial charge in [-0.1, -0.05) is 0 Å². The van der Waals surface area contributed by atoms with Crippen molar-refractivity contribution in [3.63, 3.8) is 0 Å². The standard InChI is InChI=1S/C8H12N2O2.2ClH/c1-11-7-4-8(12-2)6(10)3-5(7)9;;/h3-4H,9-10H2,1-2H3;2*1H. The van der Waals surface area contributed by atoms with Gasteiger partial charge in [0.1, 0.15) is 11.5 Å². The number of nitrogens with two attached hydrogens (primary N) is 2. The number of halogens is 2. The first kappa shape index (κ1) is 15.5. The fourth-order valence-electron chi connectivity index (χ4n) is 0.949. The molecule has 4 nitrogen and oxygen atoms in total. The van der Waals surface area contributed by atoms with E-state index in [1.807, 2.05) is 0 Å². The Balaban J connectivity index is 0. The summed E-state index contributed by atoms with van der Waals surface area (Å²) >= 11 is 0. The monoisotopic (exact) mass is 240 g/mol. The molecule has 1 aromatic carbocycles. The molecule has 6 heteroatoms. The van der Waals surface area contributed by atoms with Crippen LogP contribution >= 0.6 is 24.8 Å². The van der Waals surface area contributed by atoms with Gasteiger partial charge >= 0.3 is 0 Å². The molecule has 0 aromatic heterocycles. The highest BCUT2D eigenvalue weighted by molar-refractivity contribution is 5.85. The maximum absolute atomic E-state index is 5.59. The van der Waals surface area contributed by atoms with Crippen molar-refractivity contribution in [1.29, 1.82) is 0 Å². The number of hydrogen-bond acceptors (Lipinski definition) is 4. The van der Waals surface area contributed by atoms with Crippen LogP contribution in [0.1, 0.15) is 0 Å². The van der Waals surface area contributed by atoms with E-state index in [-0.39, 0.29) is 24.8 Å². The van der Waals surface area contributed by atoms with Gasteiger partial charge in [0.15, 0.2) is 0 Å². The van der Waals surface area contributed by atoms with Crippen molar-refractivity contribution in [2.75, 3.05) is 25.7 Å². The number of anilines is 2. The topological polar surface area (TPSA) is 70.5 Å². The van der Waals surface area contributed by atoms with Gasteiger partial charge in [0, 0.05) is 6.07 Å². The van der Waals surface area contributed by atoms with Crippen molar-refractivity contribution in [2.24, 2.45) is 0 Å². The van der Waals surface area contributed by atoms with E-state index < -0.39 is 0 Å². The van der Waals surface area contributed by atoms with Crippen LogP contribution in [0.25, 0.3) is 0 Å². The number of rotatable bonds is 2. The highest BCUT2D eigenvalue weighted by Crippen LogP contribution is 2.32. The molecule has 0 saturated heterocycles. The number of hydrogen-bond donors (Lipinski definition) is 2. The molecular formula is C8H14Cl2N2O2. The Morgan fingerprint density at radius 3 is 1.50 bits per heavy atom. The lowest BCUT2D eigenvalue weighted by Gasteiger charge is -2.09. The van der Waals surface area contributed by atoms with Crippen molar-refractivity contribution < 1.29 is 9.47 Å². The molecule has 0 aliphatic heterocycles. The Morgan fingerprint density at radius 1 is 0.857 bits per heavy atom. The van der Waals surface area contributed by atoms with Crippen LogP contribution in [0.5, 0.6) is 11.5 Å². The van der Waals surface area contributed by atoms with Gasteiger partial charge in [-0.3, -0.25) is 0 Å². The van der Waals surface area contributed by atoms with Crippen LogP contribution in [0.15, 0.2) is 12.1 Å². The van der Waals surface area contributed by atoms with Crippen LogP contribution < -0.4 is 20.9 Å². The molecule has 0 spiro atoms. The lowest BCUT2D eigenvalue weighted by molar-refractivity contribution is 0.397. The Kier molecular flexibility index (Phi) is 7.13. The second-order valence-corrected chi connectivity index (χ2v) is 2.34. The van der Waals surface area contributed by atoms with Crippen molar-refractivity contribution in [1.82, 2.24) is 0 Å². The second-order valence-electron chi connectivity index (χ2n) is 2.34. The molecule has 0 radical (unpaired) electrons. The highest BCUT2D eigenvalue weighted by atomic mass is 35.5. The number of benzene rings is 1. The maximum Gasteiger partial charge on any atom is 0.145 e. The largest absolute Gasteiger partial charge is 0.494 e. The fraction of sp³-hybridized carbons (Fsp3) is 0.250. The average Bonchev–Trinajstić information content (AvgIpc) is 2.05. The minimum Gasteiger partial charge on any atom is -0.494 e. The molecule has 0 unspecified atom stereocenters. The SMILES string of the molecule is COc1cc(OC)c(N)cc1N.Cl.Cl. The zero-order valence-corrected chi connectivity index (χ0v) is 9.58. The minimum atomic E-state index is 0. The van der Waals surface area contributed by atoms with Gasteiger partial charge in [-0.2, -0.15) is 0 Å². The van der Waals surface area contributed by atoms with Crippen LogP contribution in [0.3, 0.4) is 0 Å². The highest BCUT2D eigenvalue weighted by Gasteiger charge is 2.05. The number of nitrogen functional groups attached to an aromatic ring is 2. The van der Waals surface area contributed by atoms with E-state index >= 15 is 0 Å². The van der Waals surface area contributed by atoms with E-state index in [1.165, 1.54) is 0 Å². The minimum absolute atomic E-state index is 0. The maximum atomic E-state index is 5.59. The number of ether oxygens (including phenoxy) is 2. The van der Waals surface area contributed by atoms with Gasteiger partial charge in [0.05, 0.1) is 25.6 Å². The quantitative estimate of drug-likeness (QED) is 0.773. The summed E-state index contributed by atoms with van der Waals surface area (Å²) in [5.74, 6) is 1.14. The second kappa shape index (κ2) is 6.45. The summed E-state index contributed by atoms with van der Waals surface area (Å²) in [6, 6.07) is 3.27. The van der Waals surface area contributed by atoms with Gasteiger partial charge in [-0.15, -0.1) is 24.8 Å². The third kappa shape index (κ3) is 3.05. The van der Waals surface area contributed by atoms with Gasteiger partial charge in [0.25, 0.3) is 0 Å². The zero-order chi connectivity index (χ0) is 9.14. The van der Waals surface area contributed by atoms with E-state index in [9.17, 15) is 0 Å². The first-order valence-corrected chi connectivity index (χ1v) is 3.46. The summed E-state index contributed by atoms with van der Waals surface area (Å²) in [5, 5.41) is 0. The third-order valence-electron chi connectivity index (χ3n) is 1.58. The molecular weight excluding hydrogens is 227 g/mol. The Labute approximate surface area is 95.4 Å². The van der Waals surface area contributed by atoms with Crippen LogP contribution in [0.2, 0.25) is 0 Å². The first-order chi connectivity index (χ1) is 5.69. The molecule has 0 heterocycles. The van der Waals surface area contributed by atoms with Gasteiger partial charge in [-0.25, -0.2) is 0 Å². The molecule has 0 atom stereocenters. The van der Waals surface area contributed by atoms with Crippen LogP contribution in [0.4, 0.5) is 11.4 Å². The molecule has 0 aliphatic rings. The van der Waals surface area contributed by atoms with Crippen LogP contribution in [-0.4, -0.2) is 14.2 Å². The van der Waals surface area contributed by atoms with Crippen molar-refractivity contribution in [3.8, 4) is 11.5 Å². The molecule has 82 valence electrons. The molecule has 0 saturated carbocycles. The summed E-state index contributed by atoms with van der Waals surface area (Å²) in [6.07, 6.45) is 0. The molecule has 1 aromatic rings. The lowest BCUT2D eigenvalue weighted by atomic mass is 10.2. The molecule has 0 bridgehead atoms. The van der Waals surface area contributed by atoms with E-state index in [0.717, 1.165) is 0 Å². The first-order valence-electron chi connectivity index (χ1n) is 3.46. The van der Waals surface area contributed by atoms with Gasteiger partial charge in [0.2, 0.25) is 0 Å². The Bertz CT molecular complexity index is 270. The predicted octanol–water partition coefficient (Wildman–Crippen LogP) is 1.71. The van der Waals surface area contributed by atoms with Crippen molar-refractivity contribution >= 4 is 36.2 Å². The van der Waals surface area contributed by atoms with E-state index in [0.29, 0.717) is 22.9 Å². The third-order valence-corrected chi connectivity index (χ3v) is 1.58. The Morgan fingerprint density at radius 2 is 1.21 bits per heavy atom. The van der Waals surface area contributed by atoms with Gasteiger partial charge in [-0.05, 0) is 6.07 Å². The van der Waals surface area contributed by atoms with Crippen LogP contribution in [0, 0.1) is 0 Å². The molecule has 0 fully saturated rings. The molecule has 0 amide bonds. The van der Waals surface area contributed by atoms with E-state index in [2.05, 4.69) is 0 Å². The number of methoxy groups -OCH3 is 2. The fourth-order valence-corrected chi connectivity index (χ4v) is 0.949. The summed E-state index contributed by atoms with van der Waals surface area (Å²) < 4.78 is 9.96. The zero-order valence-electron chi connectivity index (χ0n) is 7.94. The normalized spacial score (nSPS) is 8.14. The molecule has 14 heavy (non-hydrogen) atoms. The smallest absolute Gasteiger partial charge is 0.145 e. The van der Waals surface area contributed by atoms with Crippen molar-refractivity contribution in [3.05, 3.63) is 12.1 Å². The molecule has 4 N–H and O–H groups in total. The summed E-state index contributed by atoms with van der Waals surface area (Å²) in [4.78, 5) is 0. The Hall–Kier alpha value is -1.000. The predicted molar refractivity (Wildman–Crippen MR) is 62.9 cm³/mol. The summed E-state index contributed by atoms with van der Waals surface area (Å²) in [7, 11) is 3.09. The van der Waals surface area contributed by atoms with E-state index in [4.69, 9.17) is 20.9 Å². The lowest BCUT2D eigenvalue weighted by Crippen LogP contribution is -1.97. The average molecular weight is 241 g/mol. The van der Waals surface area contributed by atoms with Crippen LogP contribution in [-0.2, 0) is 0 Å². The summed E-state index contributed by atoms with van der Waals surface area (Å²) in [6.45, 7) is 0. The van der Waals surface area contributed by atoms with Gasteiger partial charge < -0.3 is 20.9 Å². The summed E-state index contributed by atoms with van der Waals surface area (Å²) in [5.41, 5.74) is 12.2. The molecule has 1 rings (SSSR count). The van der Waals surface area contributed by atoms with E-state index in [1.54, 1.807) is 26.4 Å². The van der Waals surface area contributed by atoms with Crippen molar-refractivity contribution in [2.45, 2.75) is 0 Å².